The summed E-state index contributed by atoms with van der Waals surface area (Å²) in [6, 6.07) is 9.68. The number of hydrogen-bond donors (Lipinski definition) is 1. The summed E-state index contributed by atoms with van der Waals surface area (Å²) in [6.45, 7) is 7.99. The highest BCUT2D eigenvalue weighted by Crippen LogP contribution is 2.32. The molecule has 1 aromatic rings. The van der Waals surface area contributed by atoms with Gasteiger partial charge in [-0.15, -0.1) is 0 Å². The van der Waals surface area contributed by atoms with Gasteiger partial charge in [-0.1, -0.05) is 57.9 Å². The fraction of sp³-hybridized carbons (Fsp3) is 0.647. The van der Waals surface area contributed by atoms with E-state index in [9.17, 15) is 0 Å². The van der Waals surface area contributed by atoms with Crippen LogP contribution in [0.25, 0.3) is 0 Å². The molecular weight excluding hydrogens is 218 g/mol. The van der Waals surface area contributed by atoms with Crippen LogP contribution >= 0.6 is 0 Å². The van der Waals surface area contributed by atoms with Crippen molar-refractivity contribution in [3.63, 3.8) is 0 Å². The molecule has 0 aromatic heterocycles. The quantitative estimate of drug-likeness (QED) is 0.803. The first-order chi connectivity index (χ1) is 8.80. The van der Waals surface area contributed by atoms with Crippen LogP contribution in [0.3, 0.4) is 0 Å². The molecule has 0 bridgehead atoms. The Morgan fingerprint density at radius 2 is 1.61 bits per heavy atom. The van der Waals surface area contributed by atoms with Crippen LogP contribution in [0.2, 0.25) is 0 Å². The summed E-state index contributed by atoms with van der Waals surface area (Å²) in [7, 11) is 0. The van der Waals surface area contributed by atoms with Crippen LogP contribution in [0.15, 0.2) is 24.3 Å². The standard InChI is InChI=1S/C17H27N/c1-4-13(5-2)17(18-6-3)16-11-14-9-7-8-10-15(14)12-16/h7-10,13,16-18H,4-6,11-12H2,1-3H3. The van der Waals surface area contributed by atoms with Gasteiger partial charge in [-0.3, -0.25) is 0 Å². The molecule has 0 heterocycles. The van der Waals surface area contributed by atoms with Crippen LogP contribution in [-0.4, -0.2) is 12.6 Å². The Bertz CT molecular complexity index is 343. The summed E-state index contributed by atoms with van der Waals surface area (Å²) in [5.74, 6) is 1.62. The maximum absolute atomic E-state index is 3.76. The Morgan fingerprint density at radius 3 is 2.06 bits per heavy atom. The van der Waals surface area contributed by atoms with Gasteiger partial charge in [-0.05, 0) is 42.3 Å². The summed E-state index contributed by atoms with van der Waals surface area (Å²) in [6.07, 6.45) is 5.12. The molecule has 1 N–H and O–H groups in total. The van der Waals surface area contributed by atoms with Crippen molar-refractivity contribution in [3.05, 3.63) is 35.4 Å². The summed E-state index contributed by atoms with van der Waals surface area (Å²) < 4.78 is 0. The highest BCUT2D eigenvalue weighted by molar-refractivity contribution is 5.32. The largest absolute Gasteiger partial charge is 0.314 e. The van der Waals surface area contributed by atoms with Crippen molar-refractivity contribution in [2.24, 2.45) is 11.8 Å². The minimum atomic E-state index is 0.692. The van der Waals surface area contributed by atoms with Gasteiger partial charge in [-0.2, -0.15) is 0 Å². The third kappa shape index (κ3) is 2.77. The molecule has 18 heavy (non-hydrogen) atoms. The van der Waals surface area contributed by atoms with Crippen molar-refractivity contribution < 1.29 is 0 Å². The van der Waals surface area contributed by atoms with E-state index in [4.69, 9.17) is 0 Å². The lowest BCUT2D eigenvalue weighted by atomic mass is 9.83. The molecule has 0 saturated carbocycles. The molecule has 1 atom stereocenters. The molecule has 0 amide bonds. The lowest BCUT2D eigenvalue weighted by Crippen LogP contribution is -2.42. The van der Waals surface area contributed by atoms with Crippen molar-refractivity contribution in [2.45, 2.75) is 52.5 Å². The molecule has 1 nitrogen and oxygen atoms in total. The SMILES string of the molecule is CCNC(C(CC)CC)C1Cc2ccccc2C1. The van der Waals surface area contributed by atoms with Crippen LogP contribution < -0.4 is 5.32 Å². The van der Waals surface area contributed by atoms with Gasteiger partial charge in [-0.25, -0.2) is 0 Å². The monoisotopic (exact) mass is 245 g/mol. The molecule has 0 radical (unpaired) electrons. The highest BCUT2D eigenvalue weighted by atomic mass is 14.9. The summed E-state index contributed by atoms with van der Waals surface area (Å²) in [5, 5.41) is 3.76. The molecule has 0 spiro atoms. The molecular formula is C17H27N. The average Bonchev–Trinajstić information content (AvgIpc) is 2.82. The van der Waals surface area contributed by atoms with Gasteiger partial charge in [0, 0.05) is 6.04 Å². The number of hydrogen-bond acceptors (Lipinski definition) is 1. The second-order valence-corrected chi connectivity index (χ2v) is 5.60. The summed E-state index contributed by atoms with van der Waals surface area (Å²) >= 11 is 0. The first-order valence-electron chi connectivity index (χ1n) is 7.60. The molecule has 2 rings (SSSR count). The Balaban J connectivity index is 2.10. The molecule has 1 heteroatoms. The third-order valence-electron chi connectivity index (χ3n) is 4.59. The topological polar surface area (TPSA) is 12.0 Å². The van der Waals surface area contributed by atoms with Crippen molar-refractivity contribution in [1.82, 2.24) is 5.32 Å². The van der Waals surface area contributed by atoms with Gasteiger partial charge < -0.3 is 5.32 Å². The smallest absolute Gasteiger partial charge is 0.0130 e. The van der Waals surface area contributed by atoms with Gasteiger partial charge in [0.1, 0.15) is 0 Å². The molecule has 0 saturated heterocycles. The Morgan fingerprint density at radius 1 is 1.06 bits per heavy atom. The van der Waals surface area contributed by atoms with Crippen LogP contribution in [-0.2, 0) is 12.8 Å². The van der Waals surface area contributed by atoms with Crippen molar-refractivity contribution >= 4 is 0 Å². The lowest BCUT2D eigenvalue weighted by Gasteiger charge is -2.31. The van der Waals surface area contributed by atoms with E-state index in [-0.39, 0.29) is 0 Å². The summed E-state index contributed by atoms with van der Waals surface area (Å²) in [4.78, 5) is 0. The molecule has 1 aliphatic carbocycles. The second kappa shape index (κ2) is 6.38. The Labute approximate surface area is 112 Å². The number of rotatable bonds is 6. The van der Waals surface area contributed by atoms with Crippen molar-refractivity contribution in [3.8, 4) is 0 Å². The van der Waals surface area contributed by atoms with Crippen molar-refractivity contribution in [2.75, 3.05) is 6.54 Å². The van der Waals surface area contributed by atoms with Crippen LogP contribution in [0.1, 0.15) is 44.7 Å². The third-order valence-corrected chi connectivity index (χ3v) is 4.59. The average molecular weight is 245 g/mol. The summed E-state index contributed by atoms with van der Waals surface area (Å²) in [5.41, 5.74) is 3.16. The molecule has 1 aromatic carbocycles. The van der Waals surface area contributed by atoms with Gasteiger partial charge in [0.05, 0.1) is 0 Å². The molecule has 1 unspecified atom stereocenters. The van der Waals surface area contributed by atoms with E-state index < -0.39 is 0 Å². The highest BCUT2D eigenvalue weighted by Gasteiger charge is 2.31. The molecule has 0 fully saturated rings. The zero-order chi connectivity index (χ0) is 13.0. The minimum Gasteiger partial charge on any atom is -0.314 e. The lowest BCUT2D eigenvalue weighted by molar-refractivity contribution is 0.252. The van der Waals surface area contributed by atoms with Gasteiger partial charge in [0.2, 0.25) is 0 Å². The van der Waals surface area contributed by atoms with E-state index >= 15 is 0 Å². The predicted molar refractivity (Wildman–Crippen MR) is 78.9 cm³/mol. The van der Waals surface area contributed by atoms with E-state index in [2.05, 4.69) is 50.4 Å². The van der Waals surface area contributed by atoms with E-state index in [1.54, 1.807) is 11.1 Å². The van der Waals surface area contributed by atoms with Crippen molar-refractivity contribution in [1.29, 1.82) is 0 Å². The van der Waals surface area contributed by atoms with Gasteiger partial charge in [0.25, 0.3) is 0 Å². The van der Waals surface area contributed by atoms with Gasteiger partial charge in [0.15, 0.2) is 0 Å². The van der Waals surface area contributed by atoms with E-state index in [0.717, 1.165) is 18.4 Å². The first-order valence-corrected chi connectivity index (χ1v) is 7.60. The maximum Gasteiger partial charge on any atom is 0.0130 e. The van der Waals surface area contributed by atoms with E-state index in [0.29, 0.717) is 6.04 Å². The van der Waals surface area contributed by atoms with E-state index in [1.807, 2.05) is 0 Å². The zero-order valence-electron chi connectivity index (χ0n) is 12.1. The fourth-order valence-electron chi connectivity index (χ4n) is 3.60. The molecule has 0 aliphatic heterocycles. The zero-order valence-corrected chi connectivity index (χ0v) is 12.1. The number of nitrogens with one attached hydrogen (secondary N) is 1. The second-order valence-electron chi connectivity index (χ2n) is 5.60. The fourth-order valence-corrected chi connectivity index (χ4v) is 3.60. The predicted octanol–water partition coefficient (Wildman–Crippen LogP) is 3.82. The minimum absolute atomic E-state index is 0.692. The molecule has 1 aliphatic rings. The number of benzene rings is 1. The first kappa shape index (κ1) is 13.6. The van der Waals surface area contributed by atoms with Gasteiger partial charge >= 0.3 is 0 Å². The molecule has 100 valence electrons. The van der Waals surface area contributed by atoms with E-state index in [1.165, 1.54) is 25.7 Å². The maximum atomic E-state index is 3.76. The Hall–Kier alpha value is -0.820. The number of fused-ring (bicyclic) bond motifs is 1. The van der Waals surface area contributed by atoms with Crippen LogP contribution in [0.5, 0.6) is 0 Å². The normalized spacial score (nSPS) is 17.1. The van der Waals surface area contributed by atoms with Crippen LogP contribution in [0.4, 0.5) is 0 Å². The Kier molecular flexibility index (Phi) is 4.82. The van der Waals surface area contributed by atoms with Crippen LogP contribution in [0, 0.1) is 11.8 Å².